The van der Waals surface area contributed by atoms with E-state index >= 15 is 0 Å². The third-order valence-corrected chi connectivity index (χ3v) is 3.39. The van der Waals surface area contributed by atoms with Crippen LogP contribution in [0.3, 0.4) is 0 Å². The molecule has 0 saturated carbocycles. The summed E-state index contributed by atoms with van der Waals surface area (Å²) < 4.78 is 1.75. The molecular weight excluding hydrogens is 304 g/mol. The van der Waals surface area contributed by atoms with Crippen molar-refractivity contribution < 1.29 is 9.59 Å². The summed E-state index contributed by atoms with van der Waals surface area (Å²) in [6.07, 6.45) is 5.12. The van der Waals surface area contributed by atoms with E-state index in [2.05, 4.69) is 26.0 Å². The maximum absolute atomic E-state index is 11.7. The van der Waals surface area contributed by atoms with Gasteiger partial charge >= 0.3 is 6.03 Å². The van der Waals surface area contributed by atoms with Gasteiger partial charge in [-0.05, 0) is 13.8 Å². The third kappa shape index (κ3) is 4.85. The Balaban J connectivity index is 1.67. The van der Waals surface area contributed by atoms with Crippen LogP contribution in [0.25, 0.3) is 0 Å². The van der Waals surface area contributed by atoms with Crippen LogP contribution in [0.5, 0.6) is 0 Å². The van der Waals surface area contributed by atoms with Gasteiger partial charge < -0.3 is 16.0 Å². The van der Waals surface area contributed by atoms with Crippen LogP contribution in [0.4, 0.5) is 15.6 Å². The van der Waals surface area contributed by atoms with Crippen molar-refractivity contribution in [3.8, 4) is 0 Å². The van der Waals surface area contributed by atoms with Crippen molar-refractivity contribution in [1.29, 1.82) is 0 Å². The molecule has 2 rings (SSSR count). The molecule has 0 aliphatic heterocycles. The topological polar surface area (TPSA) is 101 Å². The molecule has 0 unspecified atom stereocenters. The average Bonchev–Trinajstić information content (AvgIpc) is 3.10. The number of hydrogen-bond acceptors (Lipinski definition) is 5. The number of rotatable bonds is 6. The molecule has 3 amide bonds. The highest BCUT2D eigenvalue weighted by molar-refractivity contribution is 7.13. The van der Waals surface area contributed by atoms with Crippen molar-refractivity contribution in [2.75, 3.05) is 17.2 Å². The van der Waals surface area contributed by atoms with E-state index in [0.717, 1.165) is 0 Å². The zero-order valence-electron chi connectivity index (χ0n) is 12.4. The molecule has 2 heterocycles. The van der Waals surface area contributed by atoms with E-state index in [9.17, 15) is 9.59 Å². The van der Waals surface area contributed by atoms with Crippen molar-refractivity contribution in [1.82, 2.24) is 20.1 Å². The molecule has 2 aromatic heterocycles. The first-order valence-corrected chi connectivity index (χ1v) is 7.71. The monoisotopic (exact) mass is 322 g/mol. The number of amides is 3. The molecule has 0 fully saturated rings. The number of carbonyl (C=O) groups is 2. The summed E-state index contributed by atoms with van der Waals surface area (Å²) in [5.74, 6) is -0.192. The van der Waals surface area contributed by atoms with Gasteiger partial charge in [0.25, 0.3) is 0 Å². The van der Waals surface area contributed by atoms with Crippen molar-refractivity contribution in [2.24, 2.45) is 0 Å². The SMILES string of the molecule is CC(C)n1cc(NC(=O)NCCC(=O)Nc2nccs2)cn1. The molecule has 0 saturated heterocycles. The fourth-order valence-electron chi connectivity index (χ4n) is 1.62. The summed E-state index contributed by atoms with van der Waals surface area (Å²) in [6.45, 7) is 4.23. The van der Waals surface area contributed by atoms with Gasteiger partial charge in [0, 0.05) is 36.8 Å². The van der Waals surface area contributed by atoms with Gasteiger partial charge in [-0.2, -0.15) is 5.10 Å². The van der Waals surface area contributed by atoms with Gasteiger partial charge in [-0.3, -0.25) is 9.48 Å². The maximum Gasteiger partial charge on any atom is 0.319 e. The van der Waals surface area contributed by atoms with E-state index in [1.165, 1.54) is 11.3 Å². The smallest absolute Gasteiger partial charge is 0.319 e. The summed E-state index contributed by atoms with van der Waals surface area (Å²) in [5.41, 5.74) is 0.610. The van der Waals surface area contributed by atoms with Crippen molar-refractivity contribution in [2.45, 2.75) is 26.3 Å². The molecule has 118 valence electrons. The maximum atomic E-state index is 11.7. The van der Waals surface area contributed by atoms with Crippen LogP contribution in [0.2, 0.25) is 0 Å². The molecule has 2 aromatic rings. The number of thiazole rings is 1. The summed E-state index contributed by atoms with van der Waals surface area (Å²) in [5, 5.41) is 14.4. The largest absolute Gasteiger partial charge is 0.337 e. The number of nitrogens with one attached hydrogen (secondary N) is 3. The molecule has 9 heteroatoms. The van der Waals surface area contributed by atoms with Crippen LogP contribution in [-0.2, 0) is 4.79 Å². The second kappa shape index (κ2) is 7.55. The molecule has 0 aliphatic carbocycles. The van der Waals surface area contributed by atoms with E-state index in [1.807, 2.05) is 13.8 Å². The first kappa shape index (κ1) is 16.0. The normalized spacial score (nSPS) is 10.5. The van der Waals surface area contributed by atoms with E-state index < -0.39 is 0 Å². The lowest BCUT2D eigenvalue weighted by Crippen LogP contribution is -2.31. The Morgan fingerprint density at radius 1 is 1.36 bits per heavy atom. The lowest BCUT2D eigenvalue weighted by atomic mass is 10.4. The van der Waals surface area contributed by atoms with Crippen LogP contribution in [-0.4, -0.2) is 33.2 Å². The highest BCUT2D eigenvalue weighted by Gasteiger charge is 2.07. The van der Waals surface area contributed by atoms with Crippen LogP contribution in [0.15, 0.2) is 24.0 Å². The average molecular weight is 322 g/mol. The van der Waals surface area contributed by atoms with Gasteiger partial charge in [0.05, 0.1) is 11.9 Å². The number of nitrogens with zero attached hydrogens (tertiary/aromatic N) is 3. The van der Waals surface area contributed by atoms with Gasteiger partial charge in [-0.1, -0.05) is 0 Å². The number of carbonyl (C=O) groups excluding carboxylic acids is 2. The molecule has 3 N–H and O–H groups in total. The van der Waals surface area contributed by atoms with Gasteiger partial charge in [0.15, 0.2) is 5.13 Å². The van der Waals surface area contributed by atoms with E-state index in [1.54, 1.807) is 28.7 Å². The fourth-order valence-corrected chi connectivity index (χ4v) is 2.16. The lowest BCUT2D eigenvalue weighted by Gasteiger charge is -2.06. The molecule has 0 radical (unpaired) electrons. The van der Waals surface area contributed by atoms with Crippen LogP contribution in [0.1, 0.15) is 26.3 Å². The van der Waals surface area contributed by atoms with E-state index in [0.29, 0.717) is 10.8 Å². The number of hydrogen-bond donors (Lipinski definition) is 3. The third-order valence-electron chi connectivity index (χ3n) is 2.70. The highest BCUT2D eigenvalue weighted by Crippen LogP contribution is 2.10. The predicted molar refractivity (Wildman–Crippen MR) is 85.0 cm³/mol. The lowest BCUT2D eigenvalue weighted by molar-refractivity contribution is -0.116. The Morgan fingerprint density at radius 2 is 2.18 bits per heavy atom. The summed E-state index contributed by atoms with van der Waals surface area (Å²) in [6, 6.07) is -0.140. The molecule has 8 nitrogen and oxygen atoms in total. The van der Waals surface area contributed by atoms with Crippen molar-refractivity contribution in [3.63, 3.8) is 0 Å². The number of aromatic nitrogens is 3. The molecule has 0 atom stereocenters. The van der Waals surface area contributed by atoms with Gasteiger partial charge in [0.1, 0.15) is 0 Å². The number of urea groups is 1. The second-order valence-electron chi connectivity index (χ2n) is 4.82. The minimum atomic E-state index is -0.370. The van der Waals surface area contributed by atoms with Crippen LogP contribution >= 0.6 is 11.3 Å². The Bertz CT molecular complexity index is 622. The van der Waals surface area contributed by atoms with Gasteiger partial charge in [-0.25, -0.2) is 9.78 Å². The summed E-state index contributed by atoms with van der Waals surface area (Å²) >= 11 is 1.35. The van der Waals surface area contributed by atoms with Crippen LogP contribution < -0.4 is 16.0 Å². The summed E-state index contributed by atoms with van der Waals surface area (Å²) in [7, 11) is 0. The van der Waals surface area contributed by atoms with E-state index in [4.69, 9.17) is 0 Å². The molecule has 0 bridgehead atoms. The Labute approximate surface area is 131 Å². The zero-order chi connectivity index (χ0) is 15.9. The molecule has 0 spiro atoms. The molecular formula is C13H18N6O2S. The molecule has 0 aromatic carbocycles. The standard InChI is InChI=1S/C13H18N6O2S/c1-9(2)19-8-10(7-16-19)17-12(21)14-4-3-11(20)18-13-15-5-6-22-13/h5-9H,3-4H2,1-2H3,(H2,14,17,21)(H,15,18,20). The minimum Gasteiger partial charge on any atom is -0.337 e. The Hall–Kier alpha value is -2.42. The Morgan fingerprint density at radius 3 is 2.82 bits per heavy atom. The van der Waals surface area contributed by atoms with Crippen molar-refractivity contribution in [3.05, 3.63) is 24.0 Å². The predicted octanol–water partition coefficient (Wildman–Crippen LogP) is 2.07. The van der Waals surface area contributed by atoms with E-state index in [-0.39, 0.29) is 30.9 Å². The van der Waals surface area contributed by atoms with Crippen LogP contribution in [0, 0.1) is 0 Å². The quantitative estimate of drug-likeness (QED) is 0.758. The van der Waals surface area contributed by atoms with Crippen molar-refractivity contribution >= 4 is 34.1 Å². The minimum absolute atomic E-state index is 0.179. The first-order valence-electron chi connectivity index (χ1n) is 6.83. The molecule has 0 aliphatic rings. The number of anilines is 2. The second-order valence-corrected chi connectivity index (χ2v) is 5.71. The fraction of sp³-hybridized carbons (Fsp3) is 0.385. The zero-order valence-corrected chi connectivity index (χ0v) is 13.2. The molecule has 22 heavy (non-hydrogen) atoms. The Kier molecular flexibility index (Phi) is 5.48. The van der Waals surface area contributed by atoms with Gasteiger partial charge in [-0.15, -0.1) is 11.3 Å². The summed E-state index contributed by atoms with van der Waals surface area (Å²) in [4.78, 5) is 27.2. The van der Waals surface area contributed by atoms with Gasteiger partial charge in [0.2, 0.25) is 5.91 Å². The first-order chi connectivity index (χ1) is 10.5. The highest BCUT2D eigenvalue weighted by atomic mass is 32.1.